The van der Waals surface area contributed by atoms with E-state index >= 15 is 0 Å². The summed E-state index contributed by atoms with van der Waals surface area (Å²) in [7, 11) is 0. The molecule has 1 aliphatic rings. The van der Waals surface area contributed by atoms with Gasteiger partial charge in [0.05, 0.1) is 10.6 Å². The van der Waals surface area contributed by atoms with Gasteiger partial charge in [0.2, 0.25) is 0 Å². The minimum absolute atomic E-state index is 0.0366. The summed E-state index contributed by atoms with van der Waals surface area (Å²) in [4.78, 5) is 12.0. The highest BCUT2D eigenvalue weighted by Gasteiger charge is 2.24. The van der Waals surface area contributed by atoms with Crippen LogP contribution in [-0.2, 0) is 0 Å². The van der Waals surface area contributed by atoms with Crippen molar-refractivity contribution < 1.29 is 13.6 Å². The number of benzene rings is 1. The fourth-order valence-electron chi connectivity index (χ4n) is 2.13. The minimum Gasteiger partial charge on any atom is -0.348 e. The van der Waals surface area contributed by atoms with E-state index in [1.807, 2.05) is 6.92 Å². The van der Waals surface area contributed by atoms with Gasteiger partial charge in [-0.25, -0.2) is 8.78 Å². The number of halogens is 3. The van der Waals surface area contributed by atoms with Crippen LogP contribution in [-0.4, -0.2) is 25.0 Å². The van der Waals surface area contributed by atoms with Gasteiger partial charge < -0.3 is 10.6 Å². The number of amides is 1. The first-order valence-electron chi connectivity index (χ1n) is 6.15. The average molecular weight is 289 g/mol. The molecule has 1 aliphatic heterocycles. The van der Waals surface area contributed by atoms with Gasteiger partial charge in [0, 0.05) is 12.6 Å². The summed E-state index contributed by atoms with van der Waals surface area (Å²) in [5.74, 6) is -2.29. The predicted molar refractivity (Wildman–Crippen MR) is 69.3 cm³/mol. The van der Waals surface area contributed by atoms with Crippen molar-refractivity contribution in [3.05, 3.63) is 34.4 Å². The maximum atomic E-state index is 13.1. The standard InChI is InChI=1S/C13H15ClF2N2O/c1-7-2-3-17-6-12(7)18-13(19)8-4-10(15)11(16)5-9(8)14/h4-5,7,12,17H,2-3,6H2,1H3,(H,18,19). The molecule has 1 heterocycles. The lowest BCUT2D eigenvalue weighted by atomic mass is 9.94. The van der Waals surface area contributed by atoms with Gasteiger partial charge in [-0.3, -0.25) is 4.79 Å². The number of carbonyl (C=O) groups is 1. The molecule has 0 aliphatic carbocycles. The maximum absolute atomic E-state index is 13.1. The van der Waals surface area contributed by atoms with Crippen molar-refractivity contribution in [2.24, 2.45) is 5.92 Å². The summed E-state index contributed by atoms with van der Waals surface area (Å²) < 4.78 is 26.1. The zero-order valence-electron chi connectivity index (χ0n) is 10.5. The summed E-state index contributed by atoms with van der Waals surface area (Å²) in [5, 5.41) is 5.88. The molecule has 0 aromatic heterocycles. The van der Waals surface area contributed by atoms with E-state index in [1.54, 1.807) is 0 Å². The molecule has 104 valence electrons. The molecule has 2 atom stereocenters. The second kappa shape index (κ2) is 5.84. The van der Waals surface area contributed by atoms with Crippen molar-refractivity contribution in [1.29, 1.82) is 0 Å². The molecule has 1 amide bonds. The van der Waals surface area contributed by atoms with Gasteiger partial charge in [-0.05, 0) is 31.0 Å². The topological polar surface area (TPSA) is 41.1 Å². The predicted octanol–water partition coefficient (Wildman–Crippen LogP) is 2.35. The van der Waals surface area contributed by atoms with E-state index < -0.39 is 17.5 Å². The molecule has 0 spiro atoms. The Morgan fingerprint density at radius 3 is 2.79 bits per heavy atom. The second-order valence-corrected chi connectivity index (χ2v) is 5.20. The van der Waals surface area contributed by atoms with Crippen molar-refractivity contribution in [1.82, 2.24) is 10.6 Å². The Hall–Kier alpha value is -1.20. The zero-order valence-corrected chi connectivity index (χ0v) is 11.2. The molecule has 1 saturated heterocycles. The highest BCUT2D eigenvalue weighted by Crippen LogP contribution is 2.21. The fraction of sp³-hybridized carbons (Fsp3) is 0.462. The molecule has 0 radical (unpaired) electrons. The highest BCUT2D eigenvalue weighted by atomic mass is 35.5. The third-order valence-corrected chi connectivity index (χ3v) is 3.71. The summed E-state index contributed by atoms with van der Waals surface area (Å²) in [5.41, 5.74) is -0.0432. The van der Waals surface area contributed by atoms with Crippen LogP contribution in [0.15, 0.2) is 12.1 Å². The first-order valence-corrected chi connectivity index (χ1v) is 6.53. The smallest absolute Gasteiger partial charge is 0.253 e. The van der Waals surface area contributed by atoms with Crippen LogP contribution in [0, 0.1) is 17.6 Å². The van der Waals surface area contributed by atoms with E-state index in [4.69, 9.17) is 11.6 Å². The van der Waals surface area contributed by atoms with Crippen molar-refractivity contribution in [2.75, 3.05) is 13.1 Å². The van der Waals surface area contributed by atoms with E-state index in [-0.39, 0.29) is 16.6 Å². The highest BCUT2D eigenvalue weighted by molar-refractivity contribution is 6.33. The lowest BCUT2D eigenvalue weighted by Crippen LogP contribution is -2.50. The Kier molecular flexibility index (Phi) is 4.37. The van der Waals surface area contributed by atoms with Crippen molar-refractivity contribution in [3.63, 3.8) is 0 Å². The summed E-state index contributed by atoms with van der Waals surface area (Å²) in [6.07, 6.45) is 0.955. The van der Waals surface area contributed by atoms with Crippen LogP contribution in [0.5, 0.6) is 0 Å². The fourth-order valence-corrected chi connectivity index (χ4v) is 2.36. The van der Waals surface area contributed by atoms with E-state index in [0.717, 1.165) is 25.1 Å². The number of hydrogen-bond donors (Lipinski definition) is 2. The van der Waals surface area contributed by atoms with Crippen LogP contribution < -0.4 is 10.6 Å². The Labute approximate surface area is 115 Å². The lowest BCUT2D eigenvalue weighted by Gasteiger charge is -2.30. The summed E-state index contributed by atoms with van der Waals surface area (Å²) in [6, 6.07) is 1.60. The van der Waals surface area contributed by atoms with Crippen LogP contribution >= 0.6 is 11.6 Å². The SMILES string of the molecule is CC1CCNCC1NC(=O)c1cc(F)c(F)cc1Cl. The Morgan fingerprint density at radius 2 is 2.11 bits per heavy atom. The molecule has 0 saturated carbocycles. The molecule has 2 N–H and O–H groups in total. The molecule has 1 aromatic carbocycles. The quantitative estimate of drug-likeness (QED) is 0.820. The molecule has 2 rings (SSSR count). The molecule has 3 nitrogen and oxygen atoms in total. The van der Waals surface area contributed by atoms with Gasteiger partial charge in [0.15, 0.2) is 11.6 Å². The molecular weight excluding hydrogens is 274 g/mol. The zero-order chi connectivity index (χ0) is 14.0. The van der Waals surface area contributed by atoms with Gasteiger partial charge >= 0.3 is 0 Å². The Balaban J connectivity index is 2.13. The Morgan fingerprint density at radius 1 is 1.42 bits per heavy atom. The number of nitrogens with one attached hydrogen (secondary N) is 2. The van der Waals surface area contributed by atoms with Gasteiger partial charge in [0.25, 0.3) is 5.91 Å². The van der Waals surface area contributed by atoms with Crippen LogP contribution in [0.2, 0.25) is 5.02 Å². The van der Waals surface area contributed by atoms with Crippen molar-refractivity contribution >= 4 is 17.5 Å². The van der Waals surface area contributed by atoms with E-state index in [0.29, 0.717) is 12.5 Å². The normalized spacial score (nSPS) is 23.2. The second-order valence-electron chi connectivity index (χ2n) is 4.80. The minimum atomic E-state index is -1.08. The average Bonchev–Trinajstić information content (AvgIpc) is 2.36. The molecular formula is C13H15ClF2N2O. The molecule has 1 fully saturated rings. The monoisotopic (exact) mass is 288 g/mol. The number of carbonyl (C=O) groups excluding carboxylic acids is 1. The molecule has 19 heavy (non-hydrogen) atoms. The molecule has 6 heteroatoms. The van der Waals surface area contributed by atoms with Crippen molar-refractivity contribution in [3.8, 4) is 0 Å². The van der Waals surface area contributed by atoms with Gasteiger partial charge in [-0.15, -0.1) is 0 Å². The largest absolute Gasteiger partial charge is 0.348 e. The van der Waals surface area contributed by atoms with Gasteiger partial charge in [-0.1, -0.05) is 18.5 Å². The van der Waals surface area contributed by atoms with Crippen molar-refractivity contribution in [2.45, 2.75) is 19.4 Å². The molecule has 2 unspecified atom stereocenters. The summed E-state index contributed by atoms with van der Waals surface area (Å²) >= 11 is 5.77. The number of piperidine rings is 1. The van der Waals surface area contributed by atoms with Crippen LogP contribution in [0.4, 0.5) is 8.78 Å². The Bertz CT molecular complexity index is 496. The first kappa shape index (κ1) is 14.2. The maximum Gasteiger partial charge on any atom is 0.253 e. The summed E-state index contributed by atoms with van der Waals surface area (Å²) in [6.45, 7) is 3.62. The van der Waals surface area contributed by atoms with Gasteiger partial charge in [0.1, 0.15) is 0 Å². The first-order chi connectivity index (χ1) is 8.99. The lowest BCUT2D eigenvalue weighted by molar-refractivity contribution is 0.0915. The van der Waals surface area contributed by atoms with Crippen LogP contribution in [0.3, 0.4) is 0 Å². The third kappa shape index (κ3) is 3.22. The molecule has 1 aromatic rings. The van der Waals surface area contributed by atoms with E-state index in [9.17, 15) is 13.6 Å². The van der Waals surface area contributed by atoms with Gasteiger partial charge in [-0.2, -0.15) is 0 Å². The number of hydrogen-bond acceptors (Lipinski definition) is 2. The van der Waals surface area contributed by atoms with E-state index in [2.05, 4.69) is 10.6 Å². The van der Waals surface area contributed by atoms with Crippen LogP contribution in [0.25, 0.3) is 0 Å². The number of rotatable bonds is 2. The molecule has 0 bridgehead atoms. The van der Waals surface area contributed by atoms with E-state index in [1.165, 1.54) is 0 Å². The third-order valence-electron chi connectivity index (χ3n) is 3.40. The van der Waals surface area contributed by atoms with Crippen LogP contribution in [0.1, 0.15) is 23.7 Å².